The zero-order valence-corrected chi connectivity index (χ0v) is 9.85. The Morgan fingerprint density at radius 2 is 2.00 bits per heavy atom. The average Bonchev–Trinajstić information content (AvgIpc) is 2.29. The lowest BCUT2D eigenvalue weighted by Gasteiger charge is -2.29. The minimum absolute atomic E-state index is 0.119. The number of likely N-dealkylation sites (tertiary alicyclic amines) is 1. The smallest absolute Gasteiger partial charge is 0.334 e. The van der Waals surface area contributed by atoms with Crippen molar-refractivity contribution in [1.29, 1.82) is 0 Å². The van der Waals surface area contributed by atoms with E-state index in [1.807, 2.05) is 7.05 Å². The van der Waals surface area contributed by atoms with Crippen LogP contribution in [0.4, 0.5) is 4.79 Å². The van der Waals surface area contributed by atoms with Crippen molar-refractivity contribution in [3.05, 3.63) is 0 Å². The molecule has 0 aromatic carbocycles. The van der Waals surface area contributed by atoms with Crippen LogP contribution in [0.1, 0.15) is 12.8 Å². The molecule has 0 bridgehead atoms. The summed E-state index contributed by atoms with van der Waals surface area (Å²) in [5.41, 5.74) is 0. The normalized spacial score (nSPS) is 19.6. The summed E-state index contributed by atoms with van der Waals surface area (Å²) in [5, 5.41) is 22.5. The summed E-state index contributed by atoms with van der Waals surface area (Å²) in [6.45, 7) is 1.58. The molecule has 1 heterocycles. The second-order valence-corrected chi connectivity index (χ2v) is 4.29. The number of hydrogen-bond donors (Lipinski definition) is 4. The van der Waals surface area contributed by atoms with Gasteiger partial charge in [0.05, 0.1) is 6.54 Å². The lowest BCUT2D eigenvalue weighted by Crippen LogP contribution is -2.49. The predicted octanol–water partition coefficient (Wildman–Crippen LogP) is -1.17. The van der Waals surface area contributed by atoms with E-state index in [1.54, 1.807) is 0 Å². The first-order valence-electron chi connectivity index (χ1n) is 5.63. The highest BCUT2D eigenvalue weighted by molar-refractivity contribution is 5.76. The number of piperidine rings is 1. The monoisotopic (exact) mass is 245 g/mol. The molecule has 98 valence electrons. The van der Waals surface area contributed by atoms with Crippen LogP contribution in [0.5, 0.6) is 0 Å². The molecule has 1 rings (SSSR count). The summed E-state index contributed by atoms with van der Waals surface area (Å²) in [4.78, 5) is 23.9. The van der Waals surface area contributed by atoms with Crippen molar-refractivity contribution in [2.75, 3.05) is 26.7 Å². The summed E-state index contributed by atoms with van der Waals surface area (Å²) in [5.74, 6) is -1.34. The predicted molar refractivity (Wildman–Crippen MR) is 60.7 cm³/mol. The number of hydrogen-bond acceptors (Lipinski definition) is 4. The molecule has 4 N–H and O–H groups in total. The number of carbonyl (C=O) groups is 2. The first-order valence-corrected chi connectivity index (χ1v) is 5.63. The van der Waals surface area contributed by atoms with Crippen LogP contribution < -0.4 is 10.6 Å². The second-order valence-electron chi connectivity index (χ2n) is 4.29. The van der Waals surface area contributed by atoms with Crippen LogP contribution in [0.25, 0.3) is 0 Å². The van der Waals surface area contributed by atoms with E-state index in [0.29, 0.717) is 0 Å². The van der Waals surface area contributed by atoms with E-state index in [4.69, 9.17) is 10.2 Å². The fourth-order valence-electron chi connectivity index (χ4n) is 1.67. The summed E-state index contributed by atoms with van der Waals surface area (Å²) in [6.07, 6.45) is 0.204. The number of nitrogens with one attached hydrogen (secondary N) is 2. The van der Waals surface area contributed by atoms with Crippen molar-refractivity contribution in [3.8, 4) is 0 Å². The van der Waals surface area contributed by atoms with E-state index in [-0.39, 0.29) is 12.6 Å². The van der Waals surface area contributed by atoms with Gasteiger partial charge in [-0.2, -0.15) is 0 Å². The summed E-state index contributed by atoms with van der Waals surface area (Å²) >= 11 is 0. The van der Waals surface area contributed by atoms with Gasteiger partial charge in [-0.1, -0.05) is 0 Å². The summed E-state index contributed by atoms with van der Waals surface area (Å²) < 4.78 is 0. The number of rotatable bonds is 4. The number of carboxylic acids is 1. The summed E-state index contributed by atoms with van der Waals surface area (Å²) in [7, 11) is 2.03. The molecule has 0 unspecified atom stereocenters. The number of aliphatic hydroxyl groups excluding tert-OH is 1. The Balaban J connectivity index is 2.19. The van der Waals surface area contributed by atoms with Crippen molar-refractivity contribution < 1.29 is 19.8 Å². The van der Waals surface area contributed by atoms with Gasteiger partial charge >= 0.3 is 12.0 Å². The Bertz CT molecular complexity index is 277. The molecule has 2 amide bonds. The van der Waals surface area contributed by atoms with Gasteiger partial charge in [0.1, 0.15) is 0 Å². The molecule has 0 radical (unpaired) electrons. The van der Waals surface area contributed by atoms with Crippen LogP contribution >= 0.6 is 0 Å². The van der Waals surface area contributed by atoms with E-state index in [9.17, 15) is 9.59 Å². The molecule has 1 fully saturated rings. The van der Waals surface area contributed by atoms with Crippen molar-refractivity contribution in [3.63, 3.8) is 0 Å². The van der Waals surface area contributed by atoms with Crippen LogP contribution in [0, 0.1) is 0 Å². The molecule has 17 heavy (non-hydrogen) atoms. The number of urea groups is 1. The van der Waals surface area contributed by atoms with Crippen LogP contribution in [-0.4, -0.2) is 65.9 Å². The molecule has 0 aromatic rings. The minimum Gasteiger partial charge on any atom is -0.479 e. The molecular weight excluding hydrogens is 226 g/mol. The zero-order valence-electron chi connectivity index (χ0n) is 9.85. The van der Waals surface area contributed by atoms with Gasteiger partial charge in [0.2, 0.25) is 0 Å². The van der Waals surface area contributed by atoms with Gasteiger partial charge in [-0.25, -0.2) is 9.59 Å². The average molecular weight is 245 g/mol. The van der Waals surface area contributed by atoms with Gasteiger partial charge in [-0.15, -0.1) is 0 Å². The molecule has 1 aliphatic rings. The third kappa shape index (κ3) is 5.01. The highest BCUT2D eigenvalue weighted by Crippen LogP contribution is 2.07. The van der Waals surface area contributed by atoms with Crippen molar-refractivity contribution in [2.45, 2.75) is 25.0 Å². The van der Waals surface area contributed by atoms with E-state index in [2.05, 4.69) is 15.5 Å². The zero-order chi connectivity index (χ0) is 12.8. The van der Waals surface area contributed by atoms with Gasteiger partial charge in [0, 0.05) is 6.04 Å². The second kappa shape index (κ2) is 6.41. The number of aliphatic carboxylic acids is 1. The number of carboxylic acid groups (broad SMARTS) is 1. The molecular formula is C10H19N3O4. The molecule has 1 aliphatic heterocycles. The fourth-order valence-corrected chi connectivity index (χ4v) is 1.67. The summed E-state index contributed by atoms with van der Waals surface area (Å²) in [6, 6.07) is -0.312. The molecule has 7 heteroatoms. The maximum Gasteiger partial charge on any atom is 0.334 e. The lowest BCUT2D eigenvalue weighted by atomic mass is 10.1. The Morgan fingerprint density at radius 1 is 1.41 bits per heavy atom. The largest absolute Gasteiger partial charge is 0.479 e. The Labute approximate surface area is 99.8 Å². The molecule has 0 saturated carbocycles. The SMILES string of the molecule is CN1CCC(NC(=O)NC[C@H](O)C(=O)O)CC1. The first-order chi connectivity index (χ1) is 7.99. The standard InChI is InChI=1S/C10H19N3O4/c1-13-4-2-7(3-5-13)12-10(17)11-6-8(14)9(15)16/h7-8,14H,2-6H2,1H3,(H,15,16)(H2,11,12,17)/t8-/m0/s1. The number of carbonyl (C=O) groups excluding carboxylic acids is 1. The molecule has 0 spiro atoms. The van der Waals surface area contributed by atoms with Crippen LogP contribution in [0.3, 0.4) is 0 Å². The third-order valence-electron chi connectivity index (χ3n) is 2.79. The third-order valence-corrected chi connectivity index (χ3v) is 2.79. The van der Waals surface area contributed by atoms with Gasteiger partial charge in [-0.3, -0.25) is 0 Å². The molecule has 0 aromatic heterocycles. The van der Waals surface area contributed by atoms with Crippen molar-refractivity contribution in [1.82, 2.24) is 15.5 Å². The maximum absolute atomic E-state index is 11.4. The molecule has 1 atom stereocenters. The van der Waals surface area contributed by atoms with Crippen LogP contribution in [-0.2, 0) is 4.79 Å². The molecule has 1 saturated heterocycles. The molecule has 0 aliphatic carbocycles. The maximum atomic E-state index is 11.4. The van der Waals surface area contributed by atoms with Crippen molar-refractivity contribution in [2.24, 2.45) is 0 Å². The quantitative estimate of drug-likeness (QED) is 0.499. The number of aliphatic hydroxyl groups is 1. The van der Waals surface area contributed by atoms with Gasteiger partial charge in [0.15, 0.2) is 6.10 Å². The van der Waals surface area contributed by atoms with Crippen LogP contribution in [0.2, 0.25) is 0 Å². The van der Waals surface area contributed by atoms with Gasteiger partial charge in [-0.05, 0) is 33.0 Å². The Morgan fingerprint density at radius 3 is 2.53 bits per heavy atom. The van der Waals surface area contributed by atoms with E-state index < -0.39 is 18.1 Å². The van der Waals surface area contributed by atoms with Gasteiger partial charge < -0.3 is 25.7 Å². The highest BCUT2D eigenvalue weighted by Gasteiger charge is 2.19. The van der Waals surface area contributed by atoms with Crippen LogP contribution in [0.15, 0.2) is 0 Å². The van der Waals surface area contributed by atoms with E-state index in [0.717, 1.165) is 25.9 Å². The topological polar surface area (TPSA) is 102 Å². The Kier molecular flexibility index (Phi) is 5.17. The van der Waals surface area contributed by atoms with Crippen molar-refractivity contribution >= 4 is 12.0 Å². The minimum atomic E-state index is -1.56. The van der Waals surface area contributed by atoms with E-state index in [1.165, 1.54) is 0 Å². The van der Waals surface area contributed by atoms with E-state index >= 15 is 0 Å². The Hall–Kier alpha value is -1.34. The van der Waals surface area contributed by atoms with Gasteiger partial charge in [0.25, 0.3) is 0 Å². The lowest BCUT2D eigenvalue weighted by molar-refractivity contribution is -0.146. The molecule has 7 nitrogen and oxygen atoms in total. The number of amides is 2. The first kappa shape index (κ1) is 13.7. The number of nitrogens with zero attached hydrogens (tertiary/aromatic N) is 1. The fraction of sp³-hybridized carbons (Fsp3) is 0.800. The highest BCUT2D eigenvalue weighted by atomic mass is 16.4.